The standard InChI is InChI=1S/C21H24F2N2O2/c1-13-7-9-16(12-17(13)21(26)24-2)27-19-10-8-15(11-18(19)20(22)23)25-14-5-3-4-6-14/h7-12,14,20,25H,3-6H2,1-2H3,(H,24,26). The smallest absolute Gasteiger partial charge is 0.267 e. The molecule has 0 saturated heterocycles. The summed E-state index contributed by atoms with van der Waals surface area (Å²) in [6, 6.07) is 10.1. The van der Waals surface area contributed by atoms with Crippen LogP contribution in [-0.2, 0) is 0 Å². The minimum Gasteiger partial charge on any atom is -0.457 e. The van der Waals surface area contributed by atoms with Crippen LogP contribution in [0.15, 0.2) is 36.4 Å². The van der Waals surface area contributed by atoms with Crippen molar-refractivity contribution < 1.29 is 18.3 Å². The number of hydrogen-bond donors (Lipinski definition) is 2. The van der Waals surface area contributed by atoms with Gasteiger partial charge in [0, 0.05) is 24.3 Å². The van der Waals surface area contributed by atoms with Gasteiger partial charge in [0.25, 0.3) is 12.3 Å². The highest BCUT2D eigenvalue weighted by atomic mass is 19.3. The van der Waals surface area contributed by atoms with Gasteiger partial charge in [-0.3, -0.25) is 4.79 Å². The molecule has 0 aliphatic heterocycles. The Bertz CT molecular complexity index is 818. The summed E-state index contributed by atoms with van der Waals surface area (Å²) < 4.78 is 32.9. The maximum absolute atomic E-state index is 13.6. The Kier molecular flexibility index (Phi) is 5.94. The van der Waals surface area contributed by atoms with Crippen molar-refractivity contribution in [2.45, 2.75) is 45.1 Å². The Hall–Kier alpha value is -2.63. The summed E-state index contributed by atoms with van der Waals surface area (Å²) in [6.45, 7) is 1.81. The predicted molar refractivity (Wildman–Crippen MR) is 102 cm³/mol. The van der Waals surface area contributed by atoms with Crippen LogP contribution in [0.1, 0.15) is 53.6 Å². The third kappa shape index (κ3) is 4.56. The zero-order valence-electron chi connectivity index (χ0n) is 15.5. The van der Waals surface area contributed by atoms with Crippen molar-refractivity contribution in [3.05, 3.63) is 53.1 Å². The van der Waals surface area contributed by atoms with E-state index in [0.29, 0.717) is 23.0 Å². The second-order valence-corrected chi connectivity index (χ2v) is 6.84. The average molecular weight is 374 g/mol. The molecule has 2 aromatic carbocycles. The van der Waals surface area contributed by atoms with Crippen molar-refractivity contribution in [2.24, 2.45) is 0 Å². The van der Waals surface area contributed by atoms with Gasteiger partial charge in [0.2, 0.25) is 0 Å². The lowest BCUT2D eigenvalue weighted by Gasteiger charge is -2.17. The Morgan fingerprint density at radius 3 is 2.56 bits per heavy atom. The van der Waals surface area contributed by atoms with Crippen molar-refractivity contribution in [1.29, 1.82) is 0 Å². The topological polar surface area (TPSA) is 50.4 Å². The number of rotatable bonds is 6. The maximum Gasteiger partial charge on any atom is 0.267 e. The summed E-state index contributed by atoms with van der Waals surface area (Å²) in [5.41, 5.74) is 1.75. The molecule has 0 bridgehead atoms. The molecule has 1 amide bonds. The lowest BCUT2D eigenvalue weighted by atomic mass is 10.1. The number of amides is 1. The Labute approximate surface area is 157 Å². The van der Waals surface area contributed by atoms with E-state index in [2.05, 4.69) is 10.6 Å². The molecular weight excluding hydrogens is 350 g/mol. The highest BCUT2D eigenvalue weighted by Gasteiger charge is 2.19. The largest absolute Gasteiger partial charge is 0.457 e. The molecule has 6 heteroatoms. The van der Waals surface area contributed by atoms with Gasteiger partial charge in [-0.15, -0.1) is 0 Å². The number of benzene rings is 2. The van der Waals surface area contributed by atoms with Gasteiger partial charge in [0.15, 0.2) is 0 Å². The number of hydrogen-bond acceptors (Lipinski definition) is 3. The number of aryl methyl sites for hydroxylation is 1. The van der Waals surface area contributed by atoms with Crippen molar-refractivity contribution in [1.82, 2.24) is 5.32 Å². The Morgan fingerprint density at radius 2 is 1.89 bits per heavy atom. The van der Waals surface area contributed by atoms with Gasteiger partial charge in [0.1, 0.15) is 11.5 Å². The number of halogens is 2. The molecule has 1 aliphatic rings. The second-order valence-electron chi connectivity index (χ2n) is 6.84. The quantitative estimate of drug-likeness (QED) is 0.708. The van der Waals surface area contributed by atoms with E-state index < -0.39 is 6.43 Å². The third-order valence-electron chi connectivity index (χ3n) is 4.88. The van der Waals surface area contributed by atoms with Crippen LogP contribution < -0.4 is 15.4 Å². The lowest BCUT2D eigenvalue weighted by molar-refractivity contribution is 0.0962. The van der Waals surface area contributed by atoms with Gasteiger partial charge in [-0.05, 0) is 55.7 Å². The highest BCUT2D eigenvalue weighted by molar-refractivity contribution is 5.95. The molecule has 0 atom stereocenters. The first kappa shape index (κ1) is 19.1. The number of anilines is 1. The fraction of sp³-hybridized carbons (Fsp3) is 0.381. The SMILES string of the molecule is CNC(=O)c1cc(Oc2ccc(NC3CCCC3)cc2C(F)F)ccc1C. The fourth-order valence-corrected chi connectivity index (χ4v) is 3.38. The van der Waals surface area contributed by atoms with Gasteiger partial charge < -0.3 is 15.4 Å². The van der Waals surface area contributed by atoms with Crippen molar-refractivity contribution in [2.75, 3.05) is 12.4 Å². The van der Waals surface area contributed by atoms with Crippen LogP contribution in [0, 0.1) is 6.92 Å². The van der Waals surface area contributed by atoms with Crippen LogP contribution >= 0.6 is 0 Å². The first-order chi connectivity index (χ1) is 13.0. The molecule has 0 radical (unpaired) electrons. The van der Waals surface area contributed by atoms with Crippen LogP contribution in [0.25, 0.3) is 0 Å². The molecule has 2 aromatic rings. The first-order valence-corrected chi connectivity index (χ1v) is 9.17. The van der Waals surface area contributed by atoms with Crippen molar-refractivity contribution in [3.8, 4) is 11.5 Å². The molecular formula is C21H24F2N2O2. The summed E-state index contributed by atoms with van der Waals surface area (Å²) >= 11 is 0. The van der Waals surface area contributed by atoms with Crippen molar-refractivity contribution >= 4 is 11.6 Å². The van der Waals surface area contributed by atoms with Gasteiger partial charge in [0.05, 0.1) is 5.56 Å². The van der Waals surface area contributed by atoms with Gasteiger partial charge in [-0.1, -0.05) is 18.9 Å². The molecule has 0 unspecified atom stereocenters. The molecule has 144 valence electrons. The summed E-state index contributed by atoms with van der Waals surface area (Å²) in [7, 11) is 1.54. The third-order valence-corrected chi connectivity index (χ3v) is 4.88. The van der Waals surface area contributed by atoms with E-state index in [1.807, 2.05) is 6.92 Å². The molecule has 1 fully saturated rings. The lowest BCUT2D eigenvalue weighted by Crippen LogP contribution is -2.18. The molecule has 0 aromatic heterocycles. The van der Waals surface area contributed by atoms with Crippen LogP contribution in [-0.4, -0.2) is 19.0 Å². The molecule has 1 saturated carbocycles. The van der Waals surface area contributed by atoms with E-state index in [1.54, 1.807) is 37.4 Å². The minimum atomic E-state index is -2.66. The zero-order chi connectivity index (χ0) is 19.4. The molecule has 1 aliphatic carbocycles. The number of nitrogens with one attached hydrogen (secondary N) is 2. The molecule has 4 nitrogen and oxygen atoms in total. The first-order valence-electron chi connectivity index (χ1n) is 9.17. The fourth-order valence-electron chi connectivity index (χ4n) is 3.38. The van der Waals surface area contributed by atoms with Crippen LogP contribution in [0.5, 0.6) is 11.5 Å². The highest BCUT2D eigenvalue weighted by Crippen LogP contribution is 2.35. The second kappa shape index (κ2) is 8.37. The molecule has 3 rings (SSSR count). The maximum atomic E-state index is 13.6. The van der Waals surface area contributed by atoms with Crippen LogP contribution in [0.2, 0.25) is 0 Å². The van der Waals surface area contributed by atoms with Crippen LogP contribution in [0.3, 0.4) is 0 Å². The van der Waals surface area contributed by atoms with E-state index in [0.717, 1.165) is 18.4 Å². The van der Waals surface area contributed by atoms with E-state index >= 15 is 0 Å². The average Bonchev–Trinajstić information content (AvgIpc) is 3.16. The van der Waals surface area contributed by atoms with Gasteiger partial charge in [-0.25, -0.2) is 8.78 Å². The molecule has 27 heavy (non-hydrogen) atoms. The Morgan fingerprint density at radius 1 is 1.15 bits per heavy atom. The van der Waals surface area contributed by atoms with Crippen LogP contribution in [0.4, 0.5) is 14.5 Å². The van der Waals surface area contributed by atoms with E-state index in [1.165, 1.54) is 18.9 Å². The van der Waals surface area contributed by atoms with E-state index in [4.69, 9.17) is 4.74 Å². The normalized spacial score (nSPS) is 14.4. The summed E-state index contributed by atoms with van der Waals surface area (Å²) in [5, 5.41) is 5.89. The van der Waals surface area contributed by atoms with Gasteiger partial charge in [-0.2, -0.15) is 0 Å². The number of alkyl halides is 2. The molecule has 0 spiro atoms. The van der Waals surface area contributed by atoms with Crippen molar-refractivity contribution in [3.63, 3.8) is 0 Å². The van der Waals surface area contributed by atoms with Gasteiger partial charge >= 0.3 is 0 Å². The molecule has 2 N–H and O–H groups in total. The summed E-state index contributed by atoms with van der Waals surface area (Å²) in [4.78, 5) is 11.9. The minimum absolute atomic E-state index is 0.0914. The predicted octanol–water partition coefficient (Wildman–Crippen LogP) is 5.44. The zero-order valence-corrected chi connectivity index (χ0v) is 15.5. The summed E-state index contributed by atoms with van der Waals surface area (Å²) in [5.74, 6) is 0.189. The monoisotopic (exact) mass is 374 g/mol. The van der Waals surface area contributed by atoms with E-state index in [9.17, 15) is 13.6 Å². The summed E-state index contributed by atoms with van der Waals surface area (Å²) in [6.07, 6.45) is 1.81. The number of ether oxygens (including phenoxy) is 1. The molecule has 0 heterocycles. The number of carbonyl (C=O) groups excluding carboxylic acids is 1. The number of carbonyl (C=O) groups is 1. The Balaban J connectivity index is 1.84. The van der Waals surface area contributed by atoms with E-state index in [-0.39, 0.29) is 17.2 Å².